The summed E-state index contributed by atoms with van der Waals surface area (Å²) >= 11 is 0. The van der Waals surface area contributed by atoms with Gasteiger partial charge in [-0.3, -0.25) is 0 Å². The Labute approximate surface area is 349 Å². The fourth-order valence-corrected chi connectivity index (χ4v) is 10.0. The van der Waals surface area contributed by atoms with Gasteiger partial charge in [-0.25, -0.2) is 0 Å². The topological polar surface area (TPSA) is 24.9 Å². The molecule has 1 heterocycles. The van der Waals surface area contributed by atoms with Crippen LogP contribution in [0.25, 0.3) is 0 Å². The first-order chi connectivity index (χ1) is 27.3. The molecule has 0 aromatic rings. The van der Waals surface area contributed by atoms with E-state index in [-0.39, 0.29) is 18.0 Å². The molecule has 1 spiro atoms. The van der Waals surface area contributed by atoms with Crippen LogP contribution in [0.5, 0.6) is 0 Å². The summed E-state index contributed by atoms with van der Waals surface area (Å²) in [5.41, 5.74) is 0.495. The highest BCUT2D eigenvalue weighted by molar-refractivity contribution is 5.02. The van der Waals surface area contributed by atoms with E-state index < -0.39 is 0 Å². The molecule has 2 saturated carbocycles. The number of fused-ring (bicyclic) bond motifs is 1. The Balaban J connectivity index is 1.37. The van der Waals surface area contributed by atoms with E-state index in [2.05, 4.69) is 100 Å². The molecule has 1 saturated heterocycles. The van der Waals surface area contributed by atoms with Crippen molar-refractivity contribution in [1.29, 1.82) is 0 Å². The van der Waals surface area contributed by atoms with Gasteiger partial charge in [-0.2, -0.15) is 0 Å². The highest BCUT2D eigenvalue weighted by Crippen LogP contribution is 2.53. The van der Waals surface area contributed by atoms with E-state index in [0.717, 1.165) is 38.5 Å². The van der Waals surface area contributed by atoms with Crippen LogP contribution in [0.2, 0.25) is 0 Å². The van der Waals surface area contributed by atoms with Gasteiger partial charge < -0.3 is 19.3 Å². The second-order valence-corrected chi connectivity index (χ2v) is 18.9. The Morgan fingerprint density at radius 2 is 0.768 bits per heavy atom. The summed E-state index contributed by atoms with van der Waals surface area (Å²) in [5, 5.41) is 0. The number of nitrogens with zero attached hydrogens (tertiary/aromatic N) is 2. The minimum atomic E-state index is -0.324. The third kappa shape index (κ3) is 19.7. The van der Waals surface area contributed by atoms with Gasteiger partial charge in [-0.15, -0.1) is 0 Å². The molecule has 0 radical (unpaired) electrons. The largest absolute Gasteiger partial charge is 0.344 e. The summed E-state index contributed by atoms with van der Waals surface area (Å²) in [7, 11) is 8.96. The van der Waals surface area contributed by atoms with Gasteiger partial charge in [0.25, 0.3) is 0 Å². The normalized spacial score (nSPS) is 23.7. The highest BCUT2D eigenvalue weighted by Gasteiger charge is 2.55. The summed E-state index contributed by atoms with van der Waals surface area (Å²) in [6.45, 7) is 4.56. The zero-order valence-electron chi connectivity index (χ0n) is 38.3. The monoisotopic (exact) mass is 779 g/mol. The molecule has 0 aromatic heterocycles. The van der Waals surface area contributed by atoms with Gasteiger partial charge in [0.05, 0.1) is 12.2 Å². The fraction of sp³-hybridized carbons (Fsp3) is 0.846. The molecule has 4 heteroatoms. The Hall–Kier alpha value is -1.20. The Kier molecular flexibility index (Phi) is 26.3. The van der Waals surface area contributed by atoms with Crippen LogP contribution < -0.4 is 0 Å². The molecule has 0 unspecified atom stereocenters. The van der Waals surface area contributed by atoms with Crippen molar-refractivity contribution in [2.45, 2.75) is 249 Å². The summed E-state index contributed by atoms with van der Waals surface area (Å²) < 4.78 is 14.0. The van der Waals surface area contributed by atoms with Crippen LogP contribution in [0.15, 0.2) is 48.6 Å². The van der Waals surface area contributed by atoms with Crippen LogP contribution in [-0.2, 0) is 9.47 Å². The van der Waals surface area contributed by atoms with Crippen LogP contribution in [-0.4, -0.2) is 68.1 Å². The van der Waals surface area contributed by atoms with E-state index in [1.165, 1.54) is 167 Å². The first-order valence-corrected chi connectivity index (χ1v) is 24.6. The SMILES string of the molecule is CCCCC/C=C\C/C=C\CCCCCCCCC1(CCCCCCCC/C=C\C/C=C\CCCCC)CCC2(CC1)O[C@H]1C[C@@H](N(C)C)[C@@H](N(C)C)C[C@@H]1O2. The van der Waals surface area contributed by atoms with Crippen molar-refractivity contribution < 1.29 is 9.47 Å². The lowest BCUT2D eigenvalue weighted by Crippen LogP contribution is -2.55. The first kappa shape index (κ1) is 49.2. The molecule has 4 atom stereocenters. The molecule has 0 bridgehead atoms. The van der Waals surface area contributed by atoms with Gasteiger partial charge in [-0.05, 0) is 136 Å². The van der Waals surface area contributed by atoms with Crippen LogP contribution in [0, 0.1) is 5.41 Å². The second kappa shape index (κ2) is 29.9. The van der Waals surface area contributed by atoms with Gasteiger partial charge in [0.1, 0.15) is 0 Å². The molecular weight excluding hydrogens is 685 g/mol. The summed E-state index contributed by atoms with van der Waals surface area (Å²) in [5.74, 6) is -0.324. The standard InChI is InChI=1S/C52H94N2O2/c1-7-9-11-13-15-17-19-21-23-25-27-29-31-33-35-37-39-51(40-38-36-34-32-30-28-26-24-22-20-18-16-14-12-10-8-2)41-43-52(44-42-51)55-49-45-47(53(3)4)48(54(5)6)46-50(49)56-52/h15-18,21-24,47-50H,7-14,19-20,25-46H2,1-6H3/b17-15-,18-16-,23-21-,24-22-/t47-,48+,49-,50-/m0/s1. The van der Waals surface area contributed by atoms with Crippen molar-refractivity contribution >= 4 is 0 Å². The molecule has 1 aliphatic heterocycles. The van der Waals surface area contributed by atoms with E-state index in [1.54, 1.807) is 0 Å². The number of unbranched alkanes of at least 4 members (excludes halogenated alkanes) is 18. The maximum atomic E-state index is 6.98. The number of allylic oxidation sites excluding steroid dienone is 8. The molecule has 4 nitrogen and oxygen atoms in total. The quantitative estimate of drug-likeness (QED) is 0.0502. The smallest absolute Gasteiger partial charge is 0.169 e. The maximum absolute atomic E-state index is 6.98. The van der Waals surface area contributed by atoms with E-state index in [1.807, 2.05) is 0 Å². The molecular formula is C52H94N2O2. The molecule has 56 heavy (non-hydrogen) atoms. The lowest BCUT2D eigenvalue weighted by Gasteiger charge is -2.44. The van der Waals surface area contributed by atoms with Gasteiger partial charge in [0, 0.05) is 24.9 Å². The maximum Gasteiger partial charge on any atom is 0.169 e. The predicted molar refractivity (Wildman–Crippen MR) is 246 cm³/mol. The number of likely N-dealkylation sites (N-methyl/N-ethyl adjacent to an activating group) is 2. The fourth-order valence-electron chi connectivity index (χ4n) is 10.0. The van der Waals surface area contributed by atoms with E-state index >= 15 is 0 Å². The number of rotatable bonds is 32. The van der Waals surface area contributed by atoms with Crippen molar-refractivity contribution in [3.63, 3.8) is 0 Å². The molecule has 3 aliphatic rings. The van der Waals surface area contributed by atoms with Crippen LogP contribution in [0.4, 0.5) is 0 Å². The predicted octanol–water partition coefficient (Wildman–Crippen LogP) is 15.1. The molecule has 2 aliphatic carbocycles. The van der Waals surface area contributed by atoms with Crippen molar-refractivity contribution in [2.24, 2.45) is 5.41 Å². The molecule has 3 rings (SSSR count). The molecule has 324 valence electrons. The highest BCUT2D eigenvalue weighted by atomic mass is 16.8. The van der Waals surface area contributed by atoms with Crippen LogP contribution >= 0.6 is 0 Å². The minimum Gasteiger partial charge on any atom is -0.344 e. The number of hydrogen-bond acceptors (Lipinski definition) is 4. The first-order valence-electron chi connectivity index (χ1n) is 24.6. The van der Waals surface area contributed by atoms with Gasteiger partial charge in [-0.1, -0.05) is 152 Å². The minimum absolute atomic E-state index is 0.256. The van der Waals surface area contributed by atoms with Crippen molar-refractivity contribution in [3.8, 4) is 0 Å². The summed E-state index contributed by atoms with van der Waals surface area (Å²) in [4.78, 5) is 4.84. The van der Waals surface area contributed by atoms with E-state index in [4.69, 9.17) is 9.47 Å². The second-order valence-electron chi connectivity index (χ2n) is 18.9. The average Bonchev–Trinajstić information content (AvgIpc) is 3.55. The van der Waals surface area contributed by atoms with Crippen LogP contribution in [0.1, 0.15) is 219 Å². The van der Waals surface area contributed by atoms with E-state index in [9.17, 15) is 0 Å². The van der Waals surface area contributed by atoms with Crippen LogP contribution in [0.3, 0.4) is 0 Å². The lowest BCUT2D eigenvalue weighted by molar-refractivity contribution is -0.208. The Morgan fingerprint density at radius 3 is 1.12 bits per heavy atom. The zero-order valence-corrected chi connectivity index (χ0v) is 38.3. The molecule has 0 N–H and O–H groups in total. The van der Waals surface area contributed by atoms with Gasteiger partial charge in [0.15, 0.2) is 5.79 Å². The van der Waals surface area contributed by atoms with E-state index in [0.29, 0.717) is 17.5 Å². The molecule has 0 amide bonds. The van der Waals surface area contributed by atoms with Gasteiger partial charge in [0.2, 0.25) is 0 Å². The number of hydrogen-bond donors (Lipinski definition) is 0. The van der Waals surface area contributed by atoms with Crippen molar-refractivity contribution in [3.05, 3.63) is 48.6 Å². The summed E-state index contributed by atoms with van der Waals surface area (Å²) in [6, 6.07) is 1.06. The third-order valence-corrected chi connectivity index (χ3v) is 13.8. The molecule has 0 aromatic carbocycles. The third-order valence-electron chi connectivity index (χ3n) is 13.8. The summed E-state index contributed by atoms with van der Waals surface area (Å²) in [6.07, 6.45) is 61.3. The Morgan fingerprint density at radius 1 is 0.429 bits per heavy atom. The van der Waals surface area contributed by atoms with Gasteiger partial charge >= 0.3 is 0 Å². The average molecular weight is 779 g/mol. The number of ether oxygens (including phenoxy) is 2. The van der Waals surface area contributed by atoms with Crippen molar-refractivity contribution in [2.75, 3.05) is 28.2 Å². The zero-order chi connectivity index (χ0) is 40.2. The molecule has 3 fully saturated rings. The lowest BCUT2D eigenvalue weighted by atomic mass is 9.66. The van der Waals surface area contributed by atoms with Crippen molar-refractivity contribution in [1.82, 2.24) is 9.80 Å². The Bertz CT molecular complexity index is 991.